The molecule has 2 aromatic heterocycles. The highest BCUT2D eigenvalue weighted by Crippen LogP contribution is 2.23. The first-order valence-corrected chi connectivity index (χ1v) is 8.93. The van der Waals surface area contributed by atoms with Crippen molar-refractivity contribution in [3.63, 3.8) is 0 Å². The number of aromatic nitrogens is 4. The van der Waals surface area contributed by atoms with Gasteiger partial charge in [0.05, 0.1) is 5.75 Å². The van der Waals surface area contributed by atoms with Crippen molar-refractivity contribution in [1.82, 2.24) is 20.2 Å². The van der Waals surface area contributed by atoms with Gasteiger partial charge in [0.1, 0.15) is 16.6 Å². The van der Waals surface area contributed by atoms with Gasteiger partial charge >= 0.3 is 0 Å². The maximum absolute atomic E-state index is 12.9. The first kappa shape index (κ1) is 17.2. The predicted octanol–water partition coefficient (Wildman–Crippen LogP) is 2.90. The normalized spacial score (nSPS) is 10.6. The number of amides is 1. The van der Waals surface area contributed by atoms with E-state index >= 15 is 0 Å². The summed E-state index contributed by atoms with van der Waals surface area (Å²) in [5, 5.41) is 12.0. The lowest BCUT2D eigenvalue weighted by atomic mass is 10.3. The number of aryl methyl sites for hydroxylation is 1. The number of benzene rings is 1. The Balaban J connectivity index is 1.61. The molecule has 10 heteroatoms. The molecule has 0 aliphatic carbocycles. The fourth-order valence-electron chi connectivity index (χ4n) is 1.88. The summed E-state index contributed by atoms with van der Waals surface area (Å²) in [6.07, 6.45) is 0. The molecule has 0 fully saturated rings. The van der Waals surface area contributed by atoms with Crippen molar-refractivity contribution in [2.45, 2.75) is 17.8 Å². The van der Waals surface area contributed by atoms with E-state index in [1.807, 2.05) is 6.92 Å². The maximum Gasteiger partial charge on any atom is 0.286 e. The molecule has 0 saturated heterocycles. The Morgan fingerprint density at radius 2 is 2.04 bits per heavy atom. The van der Waals surface area contributed by atoms with Gasteiger partial charge in [-0.15, -0.1) is 10.2 Å². The van der Waals surface area contributed by atoms with Crippen LogP contribution < -0.4 is 11.1 Å². The number of rotatable bonds is 5. The molecule has 25 heavy (non-hydrogen) atoms. The quantitative estimate of drug-likeness (QED) is 0.521. The Morgan fingerprint density at radius 1 is 1.28 bits per heavy atom. The van der Waals surface area contributed by atoms with Crippen molar-refractivity contribution in [1.29, 1.82) is 0 Å². The average Bonchev–Trinajstić information content (AvgIpc) is 3.03. The van der Waals surface area contributed by atoms with Crippen LogP contribution in [0, 0.1) is 12.7 Å². The highest BCUT2D eigenvalue weighted by Gasteiger charge is 2.14. The standard InChI is InChI=1S/C15H13FN6OS2/c1-8-6-11(17)20-15(18-8)24-7-12-21-22-14(25-12)13(23)19-10-4-2-9(16)3-5-10/h2-6H,7H2,1H3,(H,19,23)(H2,17,18,20). The van der Waals surface area contributed by atoms with Crippen molar-refractivity contribution in [2.24, 2.45) is 0 Å². The number of nitrogens with one attached hydrogen (secondary N) is 1. The predicted molar refractivity (Wildman–Crippen MR) is 95.0 cm³/mol. The Bertz CT molecular complexity index is 879. The average molecular weight is 376 g/mol. The molecule has 128 valence electrons. The van der Waals surface area contributed by atoms with E-state index in [9.17, 15) is 9.18 Å². The molecule has 0 spiro atoms. The van der Waals surface area contributed by atoms with Crippen LogP contribution in [0.4, 0.5) is 15.9 Å². The van der Waals surface area contributed by atoms with E-state index in [0.29, 0.717) is 27.4 Å². The molecule has 0 saturated carbocycles. The Hall–Kier alpha value is -2.59. The van der Waals surface area contributed by atoms with Gasteiger partial charge in [0, 0.05) is 17.4 Å². The lowest BCUT2D eigenvalue weighted by Gasteiger charge is -2.01. The fourth-order valence-corrected chi connectivity index (χ4v) is 3.51. The third-order valence-corrected chi connectivity index (χ3v) is 4.90. The van der Waals surface area contributed by atoms with Crippen LogP contribution in [0.3, 0.4) is 0 Å². The Kier molecular flexibility index (Phi) is 5.19. The molecule has 1 aromatic carbocycles. The maximum atomic E-state index is 12.9. The van der Waals surface area contributed by atoms with Crippen molar-refractivity contribution in [3.05, 3.63) is 51.9 Å². The van der Waals surface area contributed by atoms with Crippen molar-refractivity contribution in [3.8, 4) is 0 Å². The van der Waals surface area contributed by atoms with Gasteiger partial charge in [-0.3, -0.25) is 4.79 Å². The van der Waals surface area contributed by atoms with Gasteiger partial charge in [-0.05, 0) is 31.2 Å². The van der Waals surface area contributed by atoms with Gasteiger partial charge in [-0.1, -0.05) is 23.1 Å². The second-order valence-electron chi connectivity index (χ2n) is 4.97. The van der Waals surface area contributed by atoms with Crippen LogP contribution in [0.15, 0.2) is 35.5 Å². The molecule has 0 unspecified atom stereocenters. The highest BCUT2D eigenvalue weighted by atomic mass is 32.2. The molecule has 0 aliphatic rings. The Morgan fingerprint density at radius 3 is 2.76 bits per heavy atom. The number of halogens is 1. The minimum atomic E-state index is -0.392. The molecule has 0 bridgehead atoms. The summed E-state index contributed by atoms with van der Waals surface area (Å²) < 4.78 is 12.9. The zero-order valence-corrected chi connectivity index (χ0v) is 14.7. The van der Waals surface area contributed by atoms with Gasteiger partial charge in [0.2, 0.25) is 5.01 Å². The smallest absolute Gasteiger partial charge is 0.286 e. The lowest BCUT2D eigenvalue weighted by molar-refractivity contribution is 0.102. The number of hydrogen-bond donors (Lipinski definition) is 2. The number of carbonyl (C=O) groups is 1. The van der Waals surface area contributed by atoms with Crippen LogP contribution in [0.25, 0.3) is 0 Å². The molecular formula is C15H13FN6OS2. The summed E-state index contributed by atoms with van der Waals surface area (Å²) in [5.74, 6) is 0.125. The molecule has 7 nitrogen and oxygen atoms in total. The van der Waals surface area contributed by atoms with Crippen LogP contribution in [0.2, 0.25) is 0 Å². The number of nitrogens with two attached hydrogens (primary N) is 1. The molecule has 3 aromatic rings. The largest absolute Gasteiger partial charge is 0.384 e. The van der Waals surface area contributed by atoms with Gasteiger partial charge in [-0.25, -0.2) is 14.4 Å². The number of thioether (sulfide) groups is 1. The second kappa shape index (κ2) is 7.53. The second-order valence-corrected chi connectivity index (χ2v) is 6.97. The zero-order valence-electron chi connectivity index (χ0n) is 13.1. The van der Waals surface area contributed by atoms with Crippen molar-refractivity contribution < 1.29 is 9.18 Å². The van der Waals surface area contributed by atoms with Gasteiger partial charge in [0.25, 0.3) is 5.91 Å². The SMILES string of the molecule is Cc1cc(N)nc(SCc2nnc(C(=O)Nc3ccc(F)cc3)s2)n1. The van der Waals surface area contributed by atoms with Crippen molar-refractivity contribution >= 4 is 40.5 Å². The summed E-state index contributed by atoms with van der Waals surface area (Å²) in [4.78, 5) is 20.5. The Labute approximate surface area is 150 Å². The van der Waals surface area contributed by atoms with E-state index in [4.69, 9.17) is 5.73 Å². The molecule has 0 radical (unpaired) electrons. The summed E-state index contributed by atoms with van der Waals surface area (Å²) in [5.41, 5.74) is 6.96. The number of anilines is 2. The first-order chi connectivity index (χ1) is 12.0. The molecule has 0 aliphatic heterocycles. The van der Waals surface area contributed by atoms with Crippen LogP contribution in [-0.4, -0.2) is 26.1 Å². The van der Waals surface area contributed by atoms with Gasteiger partial charge < -0.3 is 11.1 Å². The van der Waals surface area contributed by atoms with Crippen LogP contribution >= 0.6 is 23.1 Å². The number of hydrogen-bond acceptors (Lipinski definition) is 8. The summed E-state index contributed by atoms with van der Waals surface area (Å²) >= 11 is 2.54. The molecule has 3 rings (SSSR count). The van der Waals surface area contributed by atoms with E-state index in [-0.39, 0.29) is 10.8 Å². The summed E-state index contributed by atoms with van der Waals surface area (Å²) in [6, 6.07) is 7.18. The lowest BCUT2D eigenvalue weighted by Crippen LogP contribution is -2.11. The third-order valence-electron chi connectivity index (χ3n) is 2.94. The van der Waals surface area contributed by atoms with E-state index in [2.05, 4.69) is 25.5 Å². The number of carbonyl (C=O) groups excluding carboxylic acids is 1. The first-order valence-electron chi connectivity index (χ1n) is 7.13. The molecular weight excluding hydrogens is 363 g/mol. The zero-order chi connectivity index (χ0) is 17.8. The van der Waals surface area contributed by atoms with E-state index in [0.717, 1.165) is 5.69 Å². The van der Waals surface area contributed by atoms with Crippen molar-refractivity contribution in [2.75, 3.05) is 11.1 Å². The fraction of sp³-hybridized carbons (Fsp3) is 0.133. The van der Waals surface area contributed by atoms with Gasteiger partial charge in [0.15, 0.2) is 5.16 Å². The topological polar surface area (TPSA) is 107 Å². The van der Waals surface area contributed by atoms with E-state index in [1.165, 1.54) is 47.4 Å². The summed E-state index contributed by atoms with van der Waals surface area (Å²) in [6.45, 7) is 1.84. The third kappa shape index (κ3) is 4.70. The molecule has 3 N–H and O–H groups in total. The van der Waals surface area contributed by atoms with Crippen LogP contribution in [0.1, 0.15) is 20.5 Å². The minimum absolute atomic E-state index is 0.226. The van der Waals surface area contributed by atoms with Gasteiger partial charge in [-0.2, -0.15) is 0 Å². The van der Waals surface area contributed by atoms with E-state index in [1.54, 1.807) is 6.07 Å². The molecule has 1 amide bonds. The van der Waals surface area contributed by atoms with E-state index < -0.39 is 5.91 Å². The molecule has 0 atom stereocenters. The molecule has 2 heterocycles. The highest BCUT2D eigenvalue weighted by molar-refractivity contribution is 7.98. The number of nitrogen functional groups attached to an aromatic ring is 1. The van der Waals surface area contributed by atoms with Crippen LogP contribution in [0.5, 0.6) is 0 Å². The number of nitrogens with zero attached hydrogens (tertiary/aromatic N) is 4. The monoisotopic (exact) mass is 376 g/mol. The van der Waals surface area contributed by atoms with Crippen LogP contribution in [-0.2, 0) is 5.75 Å². The summed E-state index contributed by atoms with van der Waals surface area (Å²) in [7, 11) is 0. The minimum Gasteiger partial charge on any atom is -0.384 e.